The van der Waals surface area contributed by atoms with E-state index < -0.39 is 18.6 Å². The Morgan fingerprint density at radius 2 is 2.29 bits per heavy atom. The van der Waals surface area contributed by atoms with Crippen molar-refractivity contribution < 1.29 is 18.6 Å². The molecule has 0 atom stereocenters. The van der Waals surface area contributed by atoms with E-state index in [1.807, 2.05) is 0 Å². The molecule has 0 saturated heterocycles. The van der Waals surface area contributed by atoms with E-state index in [0.717, 1.165) is 0 Å². The second-order valence-corrected chi connectivity index (χ2v) is 2.84. The molecule has 78 valence electrons. The number of pyridine rings is 1. The van der Waals surface area contributed by atoms with Crippen molar-refractivity contribution in [2.45, 2.75) is 13.0 Å². The fourth-order valence-corrected chi connectivity index (χ4v) is 1.29. The van der Waals surface area contributed by atoms with Gasteiger partial charge in [0.15, 0.2) is 0 Å². The van der Waals surface area contributed by atoms with Crippen molar-refractivity contribution in [3.8, 4) is 5.75 Å². The number of ether oxygens (including phenoxy) is 1. The molecule has 14 heavy (non-hydrogen) atoms. The van der Waals surface area contributed by atoms with Crippen LogP contribution in [-0.4, -0.2) is 17.2 Å². The molecule has 1 heterocycles. The minimum atomic E-state index is -2.78. The molecule has 1 aromatic heterocycles. The molecular weight excluding hydrogens is 216 g/mol. The molecule has 0 unspecified atom stereocenters. The summed E-state index contributed by atoms with van der Waals surface area (Å²) in [4.78, 5) is 3.53. The summed E-state index contributed by atoms with van der Waals surface area (Å²) in [5.41, 5.74) is -0.298. The molecule has 1 rings (SSSR count). The number of alkyl halides is 2. The molecular formula is C8H8ClF2NO2. The summed E-state index contributed by atoms with van der Waals surface area (Å²) < 4.78 is 29.8. The zero-order valence-corrected chi connectivity index (χ0v) is 8.05. The van der Waals surface area contributed by atoms with E-state index >= 15 is 0 Å². The highest BCUT2D eigenvalue weighted by atomic mass is 35.5. The average molecular weight is 224 g/mol. The molecule has 0 amide bonds. The van der Waals surface area contributed by atoms with E-state index in [0.29, 0.717) is 0 Å². The third-order valence-electron chi connectivity index (χ3n) is 1.68. The van der Waals surface area contributed by atoms with Crippen LogP contribution in [0.1, 0.15) is 17.6 Å². The van der Waals surface area contributed by atoms with E-state index in [1.54, 1.807) is 0 Å². The first-order chi connectivity index (χ1) is 6.61. The lowest BCUT2D eigenvalue weighted by Crippen LogP contribution is -2.00. The molecule has 0 radical (unpaired) electrons. The van der Waals surface area contributed by atoms with Gasteiger partial charge in [-0.25, -0.2) is 13.8 Å². The summed E-state index contributed by atoms with van der Waals surface area (Å²) in [5.74, 6) is -0.109. The molecule has 3 nitrogen and oxygen atoms in total. The van der Waals surface area contributed by atoms with Gasteiger partial charge in [-0.05, 0) is 0 Å². The zero-order chi connectivity index (χ0) is 10.7. The third-order valence-corrected chi connectivity index (χ3v) is 1.99. The van der Waals surface area contributed by atoms with Crippen LogP contribution in [0.4, 0.5) is 8.78 Å². The first-order valence-electron chi connectivity index (χ1n) is 3.72. The quantitative estimate of drug-likeness (QED) is 0.799. The molecule has 1 N–H and O–H groups in total. The molecule has 0 aliphatic heterocycles. The number of hydrogen-bond donors (Lipinski definition) is 1. The molecule has 0 aromatic carbocycles. The van der Waals surface area contributed by atoms with Gasteiger partial charge in [-0.1, -0.05) is 11.6 Å². The van der Waals surface area contributed by atoms with E-state index in [-0.39, 0.29) is 16.5 Å². The van der Waals surface area contributed by atoms with Crippen molar-refractivity contribution in [1.29, 1.82) is 0 Å². The fourth-order valence-electron chi connectivity index (χ4n) is 1.07. The van der Waals surface area contributed by atoms with E-state index in [4.69, 9.17) is 21.4 Å². The zero-order valence-electron chi connectivity index (χ0n) is 7.30. The highest BCUT2D eigenvalue weighted by molar-refractivity contribution is 6.30. The lowest BCUT2D eigenvalue weighted by molar-refractivity contribution is 0.146. The Labute approximate surface area is 84.3 Å². The molecule has 1 aromatic rings. The summed E-state index contributed by atoms with van der Waals surface area (Å²) in [6, 6.07) is 0. The van der Waals surface area contributed by atoms with Crippen LogP contribution in [0.25, 0.3) is 0 Å². The van der Waals surface area contributed by atoms with Gasteiger partial charge in [-0.15, -0.1) is 0 Å². The Morgan fingerprint density at radius 3 is 2.71 bits per heavy atom. The van der Waals surface area contributed by atoms with Gasteiger partial charge in [0.1, 0.15) is 10.9 Å². The Kier molecular flexibility index (Phi) is 3.60. The summed E-state index contributed by atoms with van der Waals surface area (Å²) in [7, 11) is 1.23. The molecule has 0 bridgehead atoms. The van der Waals surface area contributed by atoms with Gasteiger partial charge < -0.3 is 9.84 Å². The minimum Gasteiger partial charge on any atom is -0.496 e. The number of nitrogens with zero attached hydrogens (tertiary/aromatic N) is 1. The van der Waals surface area contributed by atoms with Crippen molar-refractivity contribution in [2.24, 2.45) is 0 Å². The Morgan fingerprint density at radius 1 is 1.64 bits per heavy atom. The molecule has 6 heteroatoms. The van der Waals surface area contributed by atoms with Gasteiger partial charge in [0.25, 0.3) is 6.43 Å². The number of rotatable bonds is 3. The second kappa shape index (κ2) is 4.52. The monoisotopic (exact) mass is 223 g/mol. The fraction of sp³-hybridized carbons (Fsp3) is 0.375. The van der Waals surface area contributed by atoms with Crippen molar-refractivity contribution in [3.63, 3.8) is 0 Å². The molecule has 0 aliphatic carbocycles. The highest BCUT2D eigenvalue weighted by Gasteiger charge is 2.21. The SMILES string of the molecule is COc1c(CO)cnc(Cl)c1C(F)F. The third kappa shape index (κ3) is 1.93. The van der Waals surface area contributed by atoms with Crippen molar-refractivity contribution in [2.75, 3.05) is 7.11 Å². The lowest BCUT2D eigenvalue weighted by Gasteiger charge is -2.12. The normalized spacial score (nSPS) is 10.7. The van der Waals surface area contributed by atoms with Crippen molar-refractivity contribution >= 4 is 11.6 Å². The van der Waals surface area contributed by atoms with Crippen LogP contribution in [-0.2, 0) is 6.61 Å². The van der Waals surface area contributed by atoms with Crippen LogP contribution >= 0.6 is 11.6 Å². The predicted octanol–water partition coefficient (Wildman–Crippen LogP) is 2.17. The van der Waals surface area contributed by atoms with Crippen molar-refractivity contribution in [1.82, 2.24) is 4.98 Å². The molecule has 0 saturated carbocycles. The van der Waals surface area contributed by atoms with Crippen molar-refractivity contribution in [3.05, 3.63) is 22.5 Å². The number of aliphatic hydroxyl groups excluding tert-OH is 1. The van der Waals surface area contributed by atoms with Gasteiger partial charge in [-0.2, -0.15) is 0 Å². The minimum absolute atomic E-state index is 0.109. The van der Waals surface area contributed by atoms with Crippen LogP contribution in [0, 0.1) is 0 Å². The second-order valence-electron chi connectivity index (χ2n) is 2.48. The Hall–Kier alpha value is -0.940. The summed E-state index contributed by atoms with van der Waals surface area (Å²) >= 11 is 5.48. The van der Waals surface area contributed by atoms with Gasteiger partial charge in [0.05, 0.1) is 19.3 Å². The number of aliphatic hydroxyl groups is 1. The highest BCUT2D eigenvalue weighted by Crippen LogP contribution is 2.36. The number of halogens is 3. The average Bonchev–Trinajstić information content (AvgIpc) is 2.16. The van der Waals surface area contributed by atoms with E-state index in [1.165, 1.54) is 13.3 Å². The largest absolute Gasteiger partial charge is 0.496 e. The van der Waals surface area contributed by atoms with E-state index in [9.17, 15) is 8.78 Å². The number of aromatic nitrogens is 1. The maximum Gasteiger partial charge on any atom is 0.270 e. The maximum absolute atomic E-state index is 12.5. The van der Waals surface area contributed by atoms with Crippen LogP contribution < -0.4 is 4.74 Å². The van der Waals surface area contributed by atoms with Crippen LogP contribution in [0.2, 0.25) is 5.15 Å². The summed E-state index contributed by atoms with van der Waals surface area (Å²) in [5, 5.41) is 8.53. The number of hydrogen-bond acceptors (Lipinski definition) is 3. The van der Waals surface area contributed by atoms with E-state index in [2.05, 4.69) is 4.98 Å². The van der Waals surface area contributed by atoms with Gasteiger partial charge in [0.2, 0.25) is 0 Å². The summed E-state index contributed by atoms with van der Waals surface area (Å²) in [6.45, 7) is -0.424. The number of methoxy groups -OCH3 is 1. The molecule has 0 aliphatic rings. The Balaban J connectivity index is 3.35. The van der Waals surface area contributed by atoms with Gasteiger partial charge >= 0.3 is 0 Å². The Bertz CT molecular complexity index is 333. The first-order valence-corrected chi connectivity index (χ1v) is 4.09. The topological polar surface area (TPSA) is 42.4 Å². The summed E-state index contributed by atoms with van der Waals surface area (Å²) in [6.07, 6.45) is -1.58. The molecule has 0 spiro atoms. The van der Waals surface area contributed by atoms with Gasteiger partial charge in [-0.3, -0.25) is 0 Å². The maximum atomic E-state index is 12.5. The smallest absolute Gasteiger partial charge is 0.270 e. The molecule has 0 fully saturated rings. The first kappa shape index (κ1) is 11.1. The standard InChI is InChI=1S/C8H8ClF2NO2/c1-14-6-4(3-13)2-12-7(9)5(6)8(10)11/h2,8,13H,3H2,1H3. The van der Waals surface area contributed by atoms with Crippen LogP contribution in [0.3, 0.4) is 0 Å². The van der Waals surface area contributed by atoms with Crippen LogP contribution in [0.5, 0.6) is 5.75 Å². The van der Waals surface area contributed by atoms with Crippen LogP contribution in [0.15, 0.2) is 6.20 Å². The van der Waals surface area contributed by atoms with Gasteiger partial charge in [0, 0.05) is 11.8 Å². The predicted molar refractivity (Wildman–Crippen MR) is 46.7 cm³/mol. The lowest BCUT2D eigenvalue weighted by atomic mass is 10.2.